The van der Waals surface area contributed by atoms with Gasteiger partial charge in [0.1, 0.15) is 0 Å². The molecule has 15 heavy (non-hydrogen) atoms. The Kier molecular flexibility index (Phi) is 4.30. The fourth-order valence-corrected chi connectivity index (χ4v) is 2.02. The summed E-state index contributed by atoms with van der Waals surface area (Å²) in [6.45, 7) is 5.20. The van der Waals surface area contributed by atoms with E-state index in [2.05, 4.69) is 51.0 Å². The summed E-state index contributed by atoms with van der Waals surface area (Å²) in [7, 11) is 4.11. The van der Waals surface area contributed by atoms with Crippen LogP contribution in [0, 0.1) is 13.8 Å². The SMILES string of the molecule is Cc1cc(C)cc(CC(N)CN(C)C)c1. The van der Waals surface area contributed by atoms with Gasteiger partial charge in [0.25, 0.3) is 0 Å². The maximum absolute atomic E-state index is 6.07. The molecule has 0 heterocycles. The summed E-state index contributed by atoms with van der Waals surface area (Å²) >= 11 is 0. The molecule has 2 heteroatoms. The van der Waals surface area contributed by atoms with Crippen molar-refractivity contribution in [2.45, 2.75) is 26.3 Å². The van der Waals surface area contributed by atoms with Gasteiger partial charge in [-0.15, -0.1) is 0 Å². The van der Waals surface area contributed by atoms with Crippen LogP contribution in [0.1, 0.15) is 16.7 Å². The zero-order chi connectivity index (χ0) is 11.4. The van der Waals surface area contributed by atoms with Crippen molar-refractivity contribution in [2.24, 2.45) is 5.73 Å². The van der Waals surface area contributed by atoms with Crippen molar-refractivity contribution >= 4 is 0 Å². The quantitative estimate of drug-likeness (QED) is 0.813. The summed E-state index contributed by atoms with van der Waals surface area (Å²) in [4.78, 5) is 2.13. The molecular weight excluding hydrogens is 184 g/mol. The number of hydrogen-bond acceptors (Lipinski definition) is 2. The Hall–Kier alpha value is -0.860. The summed E-state index contributed by atoms with van der Waals surface area (Å²) in [6, 6.07) is 6.87. The van der Waals surface area contributed by atoms with Crippen molar-refractivity contribution in [2.75, 3.05) is 20.6 Å². The number of nitrogens with two attached hydrogens (primary N) is 1. The van der Waals surface area contributed by atoms with Gasteiger partial charge in [-0.3, -0.25) is 0 Å². The predicted molar refractivity (Wildman–Crippen MR) is 66.1 cm³/mol. The molecule has 0 radical (unpaired) electrons. The number of benzene rings is 1. The Labute approximate surface area is 93.1 Å². The van der Waals surface area contributed by atoms with E-state index in [4.69, 9.17) is 5.73 Å². The number of rotatable bonds is 4. The van der Waals surface area contributed by atoms with Crippen LogP contribution in [0.15, 0.2) is 18.2 Å². The third kappa shape index (κ3) is 4.45. The Morgan fingerprint density at radius 3 is 2.13 bits per heavy atom. The normalized spacial score (nSPS) is 13.2. The van der Waals surface area contributed by atoms with Gasteiger partial charge < -0.3 is 10.6 Å². The Bertz CT molecular complexity index is 298. The molecule has 1 aromatic carbocycles. The first-order valence-electron chi connectivity index (χ1n) is 5.45. The van der Waals surface area contributed by atoms with Crippen LogP contribution in [0.5, 0.6) is 0 Å². The highest BCUT2D eigenvalue weighted by Crippen LogP contribution is 2.10. The average Bonchev–Trinajstić information content (AvgIpc) is 1.98. The van der Waals surface area contributed by atoms with E-state index in [-0.39, 0.29) is 6.04 Å². The molecule has 0 spiro atoms. The van der Waals surface area contributed by atoms with Crippen LogP contribution in [0.2, 0.25) is 0 Å². The molecule has 0 saturated heterocycles. The molecule has 2 nitrogen and oxygen atoms in total. The van der Waals surface area contributed by atoms with Crippen molar-refractivity contribution in [1.29, 1.82) is 0 Å². The third-order valence-corrected chi connectivity index (χ3v) is 2.38. The second-order valence-corrected chi connectivity index (χ2v) is 4.72. The molecule has 0 aliphatic rings. The highest BCUT2D eigenvalue weighted by Gasteiger charge is 2.05. The van der Waals surface area contributed by atoms with Crippen molar-refractivity contribution < 1.29 is 0 Å². The van der Waals surface area contributed by atoms with Crippen molar-refractivity contribution in [3.8, 4) is 0 Å². The van der Waals surface area contributed by atoms with Gasteiger partial charge in [-0.1, -0.05) is 29.3 Å². The molecule has 1 unspecified atom stereocenters. The molecule has 1 aromatic rings. The molecule has 0 saturated carbocycles. The van der Waals surface area contributed by atoms with Gasteiger partial charge in [0.05, 0.1) is 0 Å². The Balaban J connectivity index is 2.63. The van der Waals surface area contributed by atoms with E-state index >= 15 is 0 Å². The lowest BCUT2D eigenvalue weighted by Gasteiger charge is -2.17. The van der Waals surface area contributed by atoms with Gasteiger partial charge in [-0.25, -0.2) is 0 Å². The maximum atomic E-state index is 6.07. The minimum absolute atomic E-state index is 0.223. The zero-order valence-corrected chi connectivity index (χ0v) is 10.2. The van der Waals surface area contributed by atoms with E-state index in [0.29, 0.717) is 0 Å². The van der Waals surface area contributed by atoms with Crippen molar-refractivity contribution in [3.63, 3.8) is 0 Å². The van der Waals surface area contributed by atoms with E-state index in [9.17, 15) is 0 Å². The number of nitrogens with zero attached hydrogens (tertiary/aromatic N) is 1. The fraction of sp³-hybridized carbons (Fsp3) is 0.538. The lowest BCUT2D eigenvalue weighted by Crippen LogP contribution is -2.34. The van der Waals surface area contributed by atoms with Crippen LogP contribution < -0.4 is 5.73 Å². The van der Waals surface area contributed by atoms with Crippen molar-refractivity contribution in [1.82, 2.24) is 4.90 Å². The summed E-state index contributed by atoms with van der Waals surface area (Å²) in [5.74, 6) is 0. The zero-order valence-electron chi connectivity index (χ0n) is 10.2. The minimum Gasteiger partial charge on any atom is -0.326 e. The highest BCUT2D eigenvalue weighted by molar-refractivity contribution is 5.29. The van der Waals surface area contributed by atoms with Crippen molar-refractivity contribution in [3.05, 3.63) is 34.9 Å². The van der Waals surface area contributed by atoms with Gasteiger partial charge in [0.15, 0.2) is 0 Å². The standard InChI is InChI=1S/C13H22N2/c1-10-5-11(2)7-12(6-10)8-13(14)9-15(3)4/h5-7,13H,8-9,14H2,1-4H3. The van der Waals surface area contributed by atoms with Gasteiger partial charge >= 0.3 is 0 Å². The fourth-order valence-electron chi connectivity index (χ4n) is 2.02. The van der Waals surface area contributed by atoms with E-state index in [0.717, 1.165) is 13.0 Å². The van der Waals surface area contributed by atoms with Gasteiger partial charge in [0.2, 0.25) is 0 Å². The van der Waals surface area contributed by atoms with Crippen LogP contribution in [0.25, 0.3) is 0 Å². The molecule has 1 atom stereocenters. The Morgan fingerprint density at radius 2 is 1.67 bits per heavy atom. The largest absolute Gasteiger partial charge is 0.326 e. The molecule has 0 bridgehead atoms. The first-order chi connectivity index (χ1) is 6.97. The number of hydrogen-bond donors (Lipinski definition) is 1. The molecule has 0 aliphatic carbocycles. The van der Waals surface area contributed by atoms with E-state index in [1.807, 2.05) is 0 Å². The smallest absolute Gasteiger partial charge is 0.0208 e. The topological polar surface area (TPSA) is 29.3 Å². The van der Waals surface area contributed by atoms with Crippen LogP contribution in [-0.2, 0) is 6.42 Å². The molecule has 0 fully saturated rings. The lowest BCUT2D eigenvalue weighted by molar-refractivity contribution is 0.371. The molecular formula is C13H22N2. The highest BCUT2D eigenvalue weighted by atomic mass is 15.1. The van der Waals surface area contributed by atoms with E-state index < -0.39 is 0 Å². The third-order valence-electron chi connectivity index (χ3n) is 2.38. The van der Waals surface area contributed by atoms with Crippen LogP contribution >= 0.6 is 0 Å². The summed E-state index contributed by atoms with van der Waals surface area (Å²) < 4.78 is 0. The second-order valence-electron chi connectivity index (χ2n) is 4.72. The predicted octanol–water partition coefficient (Wildman–Crippen LogP) is 1.73. The molecule has 0 aliphatic heterocycles. The average molecular weight is 206 g/mol. The van der Waals surface area contributed by atoms with E-state index in [1.54, 1.807) is 0 Å². The summed E-state index contributed by atoms with van der Waals surface area (Å²) in [6.07, 6.45) is 0.959. The minimum atomic E-state index is 0.223. The molecule has 0 aromatic heterocycles. The van der Waals surface area contributed by atoms with Crippen LogP contribution in [0.4, 0.5) is 0 Å². The van der Waals surface area contributed by atoms with Crippen LogP contribution in [0.3, 0.4) is 0 Å². The second kappa shape index (κ2) is 5.29. The summed E-state index contributed by atoms with van der Waals surface area (Å²) in [5.41, 5.74) is 10.1. The maximum Gasteiger partial charge on any atom is 0.0208 e. The van der Waals surface area contributed by atoms with Crippen LogP contribution in [-0.4, -0.2) is 31.6 Å². The monoisotopic (exact) mass is 206 g/mol. The lowest BCUT2D eigenvalue weighted by atomic mass is 10.0. The molecule has 84 valence electrons. The van der Waals surface area contributed by atoms with Gasteiger partial charge in [-0.05, 0) is 39.9 Å². The van der Waals surface area contributed by atoms with E-state index in [1.165, 1.54) is 16.7 Å². The first-order valence-corrected chi connectivity index (χ1v) is 5.45. The number of likely N-dealkylation sites (N-methyl/N-ethyl adjacent to an activating group) is 1. The molecule has 0 amide bonds. The van der Waals surface area contributed by atoms with Gasteiger partial charge in [-0.2, -0.15) is 0 Å². The first kappa shape index (κ1) is 12.2. The Morgan fingerprint density at radius 1 is 1.13 bits per heavy atom. The number of aryl methyl sites for hydroxylation is 2. The summed E-state index contributed by atoms with van der Waals surface area (Å²) in [5, 5.41) is 0. The van der Waals surface area contributed by atoms with Gasteiger partial charge in [0, 0.05) is 12.6 Å². The molecule has 1 rings (SSSR count). The molecule has 2 N–H and O–H groups in total.